The third kappa shape index (κ3) is 4.79. The predicted molar refractivity (Wildman–Crippen MR) is 59.3 cm³/mol. The van der Waals surface area contributed by atoms with Crippen molar-refractivity contribution in [1.82, 2.24) is 0 Å². The lowest BCUT2D eigenvalue weighted by molar-refractivity contribution is 0.281. The first-order valence-electron chi connectivity index (χ1n) is 5.14. The van der Waals surface area contributed by atoms with Gasteiger partial charge >= 0.3 is 0 Å². The molecule has 0 spiro atoms. The molecule has 0 aromatic heterocycles. The Labute approximate surface area is 83.1 Å². The van der Waals surface area contributed by atoms with Gasteiger partial charge in [0.25, 0.3) is 0 Å². The third-order valence-electron chi connectivity index (χ3n) is 3.12. The SMILES string of the molecule is CC(C)(CCCCCO)[Si](C)(C)O. The zero-order valence-electron chi connectivity index (χ0n) is 9.43. The summed E-state index contributed by atoms with van der Waals surface area (Å²) >= 11 is 0. The van der Waals surface area contributed by atoms with E-state index in [0.717, 1.165) is 25.7 Å². The van der Waals surface area contributed by atoms with Crippen LogP contribution in [-0.2, 0) is 0 Å². The Bertz CT molecular complexity index is 138. The molecule has 2 nitrogen and oxygen atoms in total. The van der Waals surface area contributed by atoms with Gasteiger partial charge in [0.2, 0.25) is 0 Å². The Kier molecular flexibility index (Phi) is 5.18. The summed E-state index contributed by atoms with van der Waals surface area (Å²) < 4.78 is 0. The highest BCUT2D eigenvalue weighted by molar-refractivity contribution is 6.72. The Hall–Kier alpha value is 0.137. The first-order valence-corrected chi connectivity index (χ1v) is 8.09. The van der Waals surface area contributed by atoms with E-state index in [0.29, 0.717) is 6.61 Å². The number of hydrogen-bond acceptors (Lipinski definition) is 2. The van der Waals surface area contributed by atoms with Crippen LogP contribution in [0.25, 0.3) is 0 Å². The fourth-order valence-corrected chi connectivity index (χ4v) is 1.95. The summed E-state index contributed by atoms with van der Waals surface area (Å²) in [5, 5.41) is 8.71. The molecule has 0 aromatic carbocycles. The average molecular weight is 204 g/mol. The quantitative estimate of drug-likeness (QED) is 0.515. The predicted octanol–water partition coefficient (Wildman–Crippen LogP) is 2.52. The van der Waals surface area contributed by atoms with Crippen LogP contribution in [0.15, 0.2) is 0 Å². The molecule has 0 aliphatic heterocycles. The van der Waals surface area contributed by atoms with Crippen LogP contribution in [0.3, 0.4) is 0 Å². The molecule has 0 saturated heterocycles. The second-order valence-corrected chi connectivity index (χ2v) is 9.45. The highest BCUT2D eigenvalue weighted by Gasteiger charge is 2.36. The molecule has 0 rings (SSSR count). The van der Waals surface area contributed by atoms with Crippen LogP contribution in [0.5, 0.6) is 0 Å². The molecule has 0 radical (unpaired) electrons. The summed E-state index contributed by atoms with van der Waals surface area (Å²) in [5.41, 5.74) is 0. The largest absolute Gasteiger partial charge is 0.432 e. The smallest absolute Gasteiger partial charge is 0.188 e. The third-order valence-corrected chi connectivity index (χ3v) is 6.68. The van der Waals surface area contributed by atoms with Gasteiger partial charge in [-0.1, -0.05) is 26.7 Å². The summed E-state index contributed by atoms with van der Waals surface area (Å²) in [5.74, 6) is 0. The van der Waals surface area contributed by atoms with Gasteiger partial charge in [-0.3, -0.25) is 0 Å². The Morgan fingerprint density at radius 1 is 1.08 bits per heavy atom. The molecule has 0 bridgehead atoms. The van der Waals surface area contributed by atoms with Crippen LogP contribution in [0.1, 0.15) is 39.5 Å². The summed E-state index contributed by atoms with van der Waals surface area (Å²) in [7, 11) is -2.01. The second kappa shape index (κ2) is 5.13. The molecule has 3 heteroatoms. The molecule has 0 saturated carbocycles. The molecule has 0 unspecified atom stereocenters. The van der Waals surface area contributed by atoms with E-state index >= 15 is 0 Å². The maximum Gasteiger partial charge on any atom is 0.188 e. The minimum atomic E-state index is -2.01. The summed E-state index contributed by atoms with van der Waals surface area (Å²) in [6, 6.07) is 0. The van der Waals surface area contributed by atoms with Crippen LogP contribution in [0.4, 0.5) is 0 Å². The van der Waals surface area contributed by atoms with Crippen molar-refractivity contribution in [3.05, 3.63) is 0 Å². The van der Waals surface area contributed by atoms with Crippen LogP contribution >= 0.6 is 0 Å². The van der Waals surface area contributed by atoms with Crippen LogP contribution in [-0.4, -0.2) is 24.8 Å². The van der Waals surface area contributed by atoms with Gasteiger partial charge in [-0.05, 0) is 31.0 Å². The normalized spacial score (nSPS) is 13.4. The van der Waals surface area contributed by atoms with E-state index in [-0.39, 0.29) is 5.04 Å². The van der Waals surface area contributed by atoms with Crippen molar-refractivity contribution in [2.24, 2.45) is 0 Å². The summed E-state index contributed by atoms with van der Waals surface area (Å²) in [6.07, 6.45) is 4.15. The minimum absolute atomic E-state index is 0.0997. The molecule has 0 fully saturated rings. The maximum absolute atomic E-state index is 9.99. The van der Waals surface area contributed by atoms with E-state index in [1.54, 1.807) is 0 Å². The average Bonchev–Trinajstić information content (AvgIpc) is 1.96. The van der Waals surface area contributed by atoms with Gasteiger partial charge in [0.15, 0.2) is 8.32 Å². The Balaban J connectivity index is 3.77. The molecular formula is C10H24O2Si. The molecule has 0 amide bonds. The topological polar surface area (TPSA) is 40.5 Å². The van der Waals surface area contributed by atoms with Crippen LogP contribution < -0.4 is 0 Å². The highest BCUT2D eigenvalue weighted by Crippen LogP contribution is 2.40. The van der Waals surface area contributed by atoms with E-state index in [1.165, 1.54) is 0 Å². The summed E-state index contributed by atoms with van der Waals surface area (Å²) in [6.45, 7) is 8.59. The number of hydrogen-bond donors (Lipinski definition) is 2. The first-order chi connectivity index (χ1) is 5.81. The maximum atomic E-state index is 9.99. The van der Waals surface area contributed by atoms with E-state index in [1.807, 2.05) is 13.1 Å². The zero-order chi connectivity index (χ0) is 10.5. The number of aliphatic hydroxyl groups excluding tert-OH is 1. The van der Waals surface area contributed by atoms with Gasteiger partial charge < -0.3 is 9.90 Å². The van der Waals surface area contributed by atoms with Crippen LogP contribution in [0, 0.1) is 0 Å². The molecular weight excluding hydrogens is 180 g/mol. The molecule has 0 heterocycles. The van der Waals surface area contributed by atoms with Gasteiger partial charge in [0.1, 0.15) is 0 Å². The first kappa shape index (κ1) is 13.1. The lowest BCUT2D eigenvalue weighted by atomic mass is 10.0. The van der Waals surface area contributed by atoms with Gasteiger partial charge in [-0.25, -0.2) is 0 Å². The molecule has 13 heavy (non-hydrogen) atoms. The lowest BCUT2D eigenvalue weighted by Gasteiger charge is -2.35. The van der Waals surface area contributed by atoms with Gasteiger partial charge in [-0.15, -0.1) is 0 Å². The van der Waals surface area contributed by atoms with Gasteiger partial charge in [0, 0.05) is 6.61 Å². The fraction of sp³-hybridized carbons (Fsp3) is 1.00. The number of rotatable bonds is 6. The Morgan fingerprint density at radius 2 is 1.62 bits per heavy atom. The van der Waals surface area contributed by atoms with Crippen molar-refractivity contribution in [3.8, 4) is 0 Å². The van der Waals surface area contributed by atoms with Crippen molar-refractivity contribution in [3.63, 3.8) is 0 Å². The molecule has 0 aromatic rings. The van der Waals surface area contributed by atoms with E-state index < -0.39 is 8.32 Å². The molecule has 0 atom stereocenters. The second-order valence-electron chi connectivity index (χ2n) is 4.98. The van der Waals surface area contributed by atoms with E-state index in [9.17, 15) is 4.80 Å². The molecule has 2 N–H and O–H groups in total. The van der Waals surface area contributed by atoms with Crippen molar-refractivity contribution in [1.29, 1.82) is 0 Å². The van der Waals surface area contributed by atoms with Crippen molar-refractivity contribution in [2.45, 2.75) is 57.7 Å². The fourth-order valence-electron chi connectivity index (χ4n) is 1.16. The highest BCUT2D eigenvalue weighted by atomic mass is 28.4. The monoisotopic (exact) mass is 204 g/mol. The van der Waals surface area contributed by atoms with Gasteiger partial charge in [0.05, 0.1) is 0 Å². The van der Waals surface area contributed by atoms with Crippen LogP contribution in [0.2, 0.25) is 18.1 Å². The molecule has 80 valence electrons. The van der Waals surface area contributed by atoms with Crippen molar-refractivity contribution in [2.75, 3.05) is 6.61 Å². The summed E-state index contributed by atoms with van der Waals surface area (Å²) in [4.78, 5) is 9.99. The Morgan fingerprint density at radius 3 is 2.00 bits per heavy atom. The van der Waals surface area contributed by atoms with Crippen molar-refractivity contribution < 1.29 is 9.90 Å². The van der Waals surface area contributed by atoms with Crippen molar-refractivity contribution >= 4 is 8.32 Å². The molecule has 0 aliphatic carbocycles. The van der Waals surface area contributed by atoms with E-state index in [4.69, 9.17) is 5.11 Å². The zero-order valence-corrected chi connectivity index (χ0v) is 10.4. The lowest BCUT2D eigenvalue weighted by Crippen LogP contribution is -2.38. The number of unbranched alkanes of at least 4 members (excludes halogenated alkanes) is 2. The standard InChI is InChI=1S/C10H24O2Si/c1-10(2,13(3,4)12)8-6-5-7-9-11/h11-12H,5-9H2,1-4H3. The van der Waals surface area contributed by atoms with E-state index in [2.05, 4.69) is 13.8 Å². The van der Waals surface area contributed by atoms with Gasteiger partial charge in [-0.2, -0.15) is 0 Å². The molecule has 0 aliphatic rings. The number of aliphatic hydroxyl groups is 1. The minimum Gasteiger partial charge on any atom is -0.432 e.